The van der Waals surface area contributed by atoms with E-state index >= 15 is 0 Å². The van der Waals surface area contributed by atoms with E-state index in [0.717, 1.165) is 0 Å². The Hall–Kier alpha value is -0.600. The molecule has 0 radical (unpaired) electrons. The molecule has 0 N–H and O–H groups in total. The second kappa shape index (κ2) is 5.21. The van der Waals surface area contributed by atoms with Crippen molar-refractivity contribution in [2.45, 2.75) is 0 Å². The third-order valence-electron chi connectivity index (χ3n) is 1.18. The van der Waals surface area contributed by atoms with Crippen LogP contribution in [0.3, 0.4) is 0 Å². The van der Waals surface area contributed by atoms with Crippen LogP contribution in [0.15, 0.2) is 24.3 Å². The van der Waals surface area contributed by atoms with Crippen molar-refractivity contribution in [3.8, 4) is 0 Å². The molecule has 0 fully saturated rings. The van der Waals surface area contributed by atoms with Crippen molar-refractivity contribution in [1.29, 1.82) is 0 Å². The van der Waals surface area contributed by atoms with E-state index in [0.29, 0.717) is 26.4 Å². The summed E-state index contributed by atoms with van der Waals surface area (Å²) in [5.41, 5.74) is 0. The van der Waals surface area contributed by atoms with Gasteiger partial charge in [0.05, 0.1) is 26.4 Å². The molecular formula is C8H12O2. The van der Waals surface area contributed by atoms with Crippen LogP contribution < -0.4 is 0 Å². The molecule has 0 unspecified atom stereocenters. The van der Waals surface area contributed by atoms with Crippen LogP contribution in [-0.2, 0) is 9.47 Å². The van der Waals surface area contributed by atoms with Crippen molar-refractivity contribution in [2.75, 3.05) is 26.4 Å². The average Bonchev–Trinajstić information content (AvgIpc) is 2.01. The quantitative estimate of drug-likeness (QED) is 0.502. The zero-order valence-corrected chi connectivity index (χ0v) is 5.95. The Balaban J connectivity index is 2.26. The molecule has 1 aliphatic rings. The van der Waals surface area contributed by atoms with Gasteiger partial charge in [-0.2, -0.15) is 0 Å². The van der Waals surface area contributed by atoms with Crippen LogP contribution in [0.5, 0.6) is 0 Å². The standard InChI is InChI=1S/C8H12O2/c1-2-4-6-10-8-7-9-5-3-1/h1-4H,5-8H2/b3-1-,4-2-. The van der Waals surface area contributed by atoms with Crippen molar-refractivity contribution >= 4 is 0 Å². The lowest BCUT2D eigenvalue weighted by molar-refractivity contribution is 0.0704. The highest BCUT2D eigenvalue weighted by Crippen LogP contribution is 1.86. The van der Waals surface area contributed by atoms with Gasteiger partial charge < -0.3 is 9.47 Å². The molecule has 0 bridgehead atoms. The summed E-state index contributed by atoms with van der Waals surface area (Å²) < 4.78 is 10.3. The van der Waals surface area contributed by atoms with E-state index < -0.39 is 0 Å². The highest BCUT2D eigenvalue weighted by atomic mass is 16.5. The fourth-order valence-electron chi connectivity index (χ4n) is 0.689. The molecule has 1 heterocycles. The molecule has 0 aliphatic carbocycles. The molecule has 1 aliphatic heterocycles. The number of hydrogen-bond donors (Lipinski definition) is 0. The van der Waals surface area contributed by atoms with Crippen molar-refractivity contribution in [1.82, 2.24) is 0 Å². The van der Waals surface area contributed by atoms with Gasteiger partial charge in [-0.3, -0.25) is 0 Å². The van der Waals surface area contributed by atoms with Gasteiger partial charge in [0.1, 0.15) is 0 Å². The monoisotopic (exact) mass is 140 g/mol. The second-order valence-electron chi connectivity index (χ2n) is 2.01. The Morgan fingerprint density at radius 1 is 0.800 bits per heavy atom. The molecule has 0 atom stereocenters. The van der Waals surface area contributed by atoms with Gasteiger partial charge in [-0.15, -0.1) is 0 Å². The third-order valence-corrected chi connectivity index (χ3v) is 1.18. The largest absolute Gasteiger partial charge is 0.375 e. The maximum Gasteiger partial charge on any atom is 0.0704 e. The van der Waals surface area contributed by atoms with E-state index in [1.165, 1.54) is 0 Å². The fraction of sp³-hybridized carbons (Fsp3) is 0.500. The van der Waals surface area contributed by atoms with Crippen molar-refractivity contribution in [3.05, 3.63) is 24.3 Å². The Bertz CT molecular complexity index is 111. The first-order valence-electron chi connectivity index (χ1n) is 3.47. The number of rotatable bonds is 0. The fourth-order valence-corrected chi connectivity index (χ4v) is 0.689. The molecule has 56 valence electrons. The molecule has 1 rings (SSSR count). The summed E-state index contributed by atoms with van der Waals surface area (Å²) >= 11 is 0. The summed E-state index contributed by atoms with van der Waals surface area (Å²) in [4.78, 5) is 0. The number of allylic oxidation sites excluding steroid dienone is 2. The maximum absolute atomic E-state index is 5.16. The summed E-state index contributed by atoms with van der Waals surface area (Å²) in [6, 6.07) is 0. The summed E-state index contributed by atoms with van der Waals surface area (Å²) in [5.74, 6) is 0. The van der Waals surface area contributed by atoms with Gasteiger partial charge in [0, 0.05) is 0 Å². The van der Waals surface area contributed by atoms with Gasteiger partial charge in [0.2, 0.25) is 0 Å². The average molecular weight is 140 g/mol. The van der Waals surface area contributed by atoms with Gasteiger partial charge in [-0.05, 0) is 0 Å². The van der Waals surface area contributed by atoms with Crippen molar-refractivity contribution in [2.24, 2.45) is 0 Å². The van der Waals surface area contributed by atoms with Gasteiger partial charge in [-0.1, -0.05) is 24.3 Å². The maximum atomic E-state index is 5.16. The molecule has 0 saturated heterocycles. The van der Waals surface area contributed by atoms with Crippen LogP contribution in [0.25, 0.3) is 0 Å². The zero-order chi connectivity index (χ0) is 7.07. The molecule has 2 heteroatoms. The number of hydrogen-bond acceptors (Lipinski definition) is 2. The molecular weight excluding hydrogens is 128 g/mol. The van der Waals surface area contributed by atoms with Crippen LogP contribution >= 0.6 is 0 Å². The molecule has 0 aromatic carbocycles. The number of ether oxygens (including phenoxy) is 2. The van der Waals surface area contributed by atoms with Crippen LogP contribution in [0, 0.1) is 0 Å². The molecule has 0 aromatic heterocycles. The third kappa shape index (κ3) is 3.43. The van der Waals surface area contributed by atoms with Crippen LogP contribution in [-0.4, -0.2) is 26.4 Å². The van der Waals surface area contributed by atoms with Crippen LogP contribution in [0.2, 0.25) is 0 Å². The first-order valence-corrected chi connectivity index (χ1v) is 3.47. The smallest absolute Gasteiger partial charge is 0.0704 e. The lowest BCUT2D eigenvalue weighted by Crippen LogP contribution is -2.04. The van der Waals surface area contributed by atoms with Crippen molar-refractivity contribution < 1.29 is 9.47 Å². The van der Waals surface area contributed by atoms with Crippen molar-refractivity contribution in [3.63, 3.8) is 0 Å². The van der Waals surface area contributed by atoms with Crippen LogP contribution in [0.4, 0.5) is 0 Å². The lowest BCUT2D eigenvalue weighted by atomic mass is 10.4. The predicted octanol–water partition coefficient (Wildman–Crippen LogP) is 1.15. The van der Waals surface area contributed by atoms with E-state index in [4.69, 9.17) is 9.47 Å². The lowest BCUT2D eigenvalue weighted by Gasteiger charge is -2.02. The highest BCUT2D eigenvalue weighted by Gasteiger charge is 1.86. The Labute approximate surface area is 61.1 Å². The van der Waals surface area contributed by atoms with E-state index in [-0.39, 0.29) is 0 Å². The van der Waals surface area contributed by atoms with Crippen LogP contribution in [0.1, 0.15) is 0 Å². The summed E-state index contributed by atoms with van der Waals surface area (Å²) in [5, 5.41) is 0. The minimum atomic E-state index is 0.688. The molecule has 2 nitrogen and oxygen atoms in total. The normalized spacial score (nSPS) is 27.2. The topological polar surface area (TPSA) is 18.5 Å². The zero-order valence-electron chi connectivity index (χ0n) is 5.95. The molecule has 0 amide bonds. The van der Waals surface area contributed by atoms with Gasteiger partial charge in [0.25, 0.3) is 0 Å². The minimum Gasteiger partial charge on any atom is -0.375 e. The molecule has 0 aromatic rings. The molecule has 0 saturated carbocycles. The predicted molar refractivity (Wildman–Crippen MR) is 39.9 cm³/mol. The molecule has 10 heavy (non-hydrogen) atoms. The van der Waals surface area contributed by atoms with E-state index in [1.807, 2.05) is 24.3 Å². The summed E-state index contributed by atoms with van der Waals surface area (Å²) in [6.07, 6.45) is 7.91. The summed E-state index contributed by atoms with van der Waals surface area (Å²) in [6.45, 7) is 2.76. The van der Waals surface area contributed by atoms with E-state index in [1.54, 1.807) is 0 Å². The second-order valence-corrected chi connectivity index (χ2v) is 2.01. The summed E-state index contributed by atoms with van der Waals surface area (Å²) in [7, 11) is 0. The van der Waals surface area contributed by atoms with Gasteiger partial charge in [-0.25, -0.2) is 0 Å². The highest BCUT2D eigenvalue weighted by molar-refractivity contribution is 5.02. The van der Waals surface area contributed by atoms with E-state index in [2.05, 4.69) is 0 Å². The Kier molecular flexibility index (Phi) is 3.91. The first-order chi connectivity index (χ1) is 5.00. The minimum absolute atomic E-state index is 0.688. The SMILES string of the molecule is C1=C\COCCOC\C=C/1. The molecule has 0 spiro atoms. The Morgan fingerprint density at radius 2 is 1.30 bits per heavy atom. The van der Waals surface area contributed by atoms with Gasteiger partial charge in [0.15, 0.2) is 0 Å². The first kappa shape index (κ1) is 7.51. The van der Waals surface area contributed by atoms with E-state index in [9.17, 15) is 0 Å². The Morgan fingerprint density at radius 3 is 1.80 bits per heavy atom. The van der Waals surface area contributed by atoms with Gasteiger partial charge >= 0.3 is 0 Å².